The van der Waals surface area contributed by atoms with E-state index in [9.17, 15) is 9.90 Å². The summed E-state index contributed by atoms with van der Waals surface area (Å²) in [7, 11) is 0. The van der Waals surface area contributed by atoms with Gasteiger partial charge in [0.25, 0.3) is 0 Å². The van der Waals surface area contributed by atoms with Gasteiger partial charge in [-0.2, -0.15) is 0 Å². The predicted molar refractivity (Wildman–Crippen MR) is 190 cm³/mol. The van der Waals surface area contributed by atoms with E-state index >= 15 is 0 Å². The van der Waals surface area contributed by atoms with Gasteiger partial charge in [-0.15, -0.1) is 0 Å². The van der Waals surface area contributed by atoms with Gasteiger partial charge in [-0.25, -0.2) is 0 Å². The Hall–Kier alpha value is -6.61. The standard InChI is InChI=1S/C32H17N8.C7H6O3.Pd/c1-2-10-18-17(9-1)25-33-26(18)38-28-21-13-5-6-14-22(21)30(35-28)40-32-24-16-8-7-15-23(24)31(36-32)39-29-20-12-4-3-11-19(20)27(34-29)37-25;8-6-3-1-5(2-4-6)7(9)10;/h1-15H,(H2,33,34,35,36,37,38,39,40);1-4,8H,(H,9,10);/q;;+1/p-1. The molecule has 10 rings (SSSR count). The molecule has 0 radical (unpaired) electrons. The number of fused-ring (bicyclic) bond motifs is 20. The molecule has 5 aromatic carbocycles. The van der Waals surface area contributed by atoms with Crippen LogP contribution in [0.15, 0.2) is 115 Å². The number of nitrogens with one attached hydrogen (secondary N) is 2. The molecule has 2 aliphatic heterocycles. The third-order valence-corrected chi connectivity index (χ3v) is 10.3. The molecular weight excluding hydrogens is 735 g/mol. The van der Waals surface area contributed by atoms with Crippen molar-refractivity contribution in [2.24, 2.45) is 0 Å². The first kappa shape index (κ1) is 29.3. The van der Waals surface area contributed by atoms with Crippen molar-refractivity contribution in [3.8, 4) is 51.3 Å². The predicted octanol–water partition coefficient (Wildman–Crippen LogP) is 7.27. The van der Waals surface area contributed by atoms with E-state index in [0.717, 1.165) is 47.8 Å². The second kappa shape index (κ2) is 11.5. The van der Waals surface area contributed by atoms with Crippen LogP contribution < -0.4 is 7.50 Å². The fraction of sp³-hybridized carbons (Fsp3) is 0. The topological polar surface area (TPSA) is 155 Å². The van der Waals surface area contributed by atoms with Gasteiger partial charge >= 0.3 is 292 Å². The first-order valence-electron chi connectivity index (χ1n) is 15.9. The van der Waals surface area contributed by atoms with Crippen LogP contribution in [-0.4, -0.2) is 50.9 Å². The van der Waals surface area contributed by atoms with E-state index in [2.05, 4.69) is 9.97 Å². The Kier molecular flexibility index (Phi) is 6.60. The first-order chi connectivity index (χ1) is 25.1. The van der Waals surface area contributed by atoms with Crippen LogP contribution in [0.1, 0.15) is 10.4 Å². The molecule has 0 unspecified atom stereocenters. The number of carboxylic acid groups (broad SMARTS) is 1. The minimum absolute atomic E-state index is 0.193. The molecule has 0 aliphatic carbocycles. The monoisotopic (exact) mass is 756 g/mol. The molecule has 0 fully saturated rings. The van der Waals surface area contributed by atoms with Crippen LogP contribution in [0.25, 0.3) is 89.7 Å². The molecule has 0 saturated heterocycles. The number of aromatic carboxylic acids is 1. The van der Waals surface area contributed by atoms with Crippen LogP contribution in [-0.2, 0) is 18.4 Å². The van der Waals surface area contributed by atoms with Gasteiger partial charge in [-0.05, 0) is 0 Å². The summed E-state index contributed by atoms with van der Waals surface area (Å²) in [6.07, 6.45) is 0. The van der Waals surface area contributed by atoms with Gasteiger partial charge in [-0.3, -0.25) is 0 Å². The number of nitrogens with zero attached hydrogens (tertiary/aromatic N) is 6. The Bertz CT molecular complexity index is 2920. The number of hydrogen-bond acceptors (Lipinski definition) is 8. The van der Waals surface area contributed by atoms with Crippen molar-refractivity contribution >= 4 is 54.1 Å². The van der Waals surface area contributed by atoms with Crippen molar-refractivity contribution in [1.82, 2.24) is 39.9 Å². The molecule has 5 heterocycles. The fourth-order valence-electron chi connectivity index (χ4n) is 6.39. The Morgan fingerprint density at radius 2 is 0.961 bits per heavy atom. The Morgan fingerprint density at radius 1 is 0.510 bits per heavy atom. The van der Waals surface area contributed by atoms with Crippen LogP contribution >= 0.6 is 0 Å². The van der Waals surface area contributed by atoms with Gasteiger partial charge in [0.15, 0.2) is 0 Å². The van der Waals surface area contributed by atoms with Crippen molar-refractivity contribution in [3.05, 3.63) is 121 Å². The van der Waals surface area contributed by atoms with Crippen LogP contribution in [0.2, 0.25) is 0 Å². The quantitative estimate of drug-likeness (QED) is 0.157. The maximum absolute atomic E-state index is 11.4. The number of H-pyrrole nitrogens is 2. The van der Waals surface area contributed by atoms with Crippen molar-refractivity contribution in [3.63, 3.8) is 0 Å². The number of carbonyl (C=O) groups is 1. The molecule has 8 bridgehead atoms. The third kappa shape index (κ3) is 4.88. The molecule has 0 spiro atoms. The third-order valence-electron chi connectivity index (χ3n) is 8.78. The van der Waals surface area contributed by atoms with Gasteiger partial charge in [-0.1, -0.05) is 6.07 Å². The molecule has 0 saturated carbocycles. The summed E-state index contributed by atoms with van der Waals surface area (Å²) in [5, 5.41) is 12.8. The maximum atomic E-state index is 11.4. The first-order valence-corrected chi connectivity index (χ1v) is 17.3. The summed E-state index contributed by atoms with van der Waals surface area (Å²) in [6, 6.07) is 36.2. The van der Waals surface area contributed by atoms with Crippen LogP contribution in [0.3, 0.4) is 0 Å². The summed E-state index contributed by atoms with van der Waals surface area (Å²) in [4.78, 5) is 48.6. The molecule has 0 amide bonds. The van der Waals surface area contributed by atoms with E-state index in [0.29, 0.717) is 51.6 Å². The van der Waals surface area contributed by atoms with Gasteiger partial charge in [0.2, 0.25) is 0 Å². The normalized spacial score (nSPS) is 11.8. The van der Waals surface area contributed by atoms with Crippen molar-refractivity contribution in [2.45, 2.75) is 0 Å². The molecule has 12 heteroatoms. The van der Waals surface area contributed by atoms with Crippen LogP contribution in [0, 0.1) is 0 Å². The zero-order valence-electron chi connectivity index (χ0n) is 26.2. The fourth-order valence-corrected chi connectivity index (χ4v) is 7.77. The summed E-state index contributed by atoms with van der Waals surface area (Å²) in [5.41, 5.74) is 6.08. The molecule has 2 aliphatic rings. The van der Waals surface area contributed by atoms with E-state index in [1.807, 2.05) is 91.0 Å². The Balaban J connectivity index is 1.28. The van der Waals surface area contributed by atoms with E-state index in [4.69, 9.17) is 33.4 Å². The van der Waals surface area contributed by atoms with Crippen molar-refractivity contribution in [2.75, 3.05) is 0 Å². The van der Waals surface area contributed by atoms with Gasteiger partial charge in [0.1, 0.15) is 0 Å². The van der Waals surface area contributed by atoms with Crippen LogP contribution in [0.5, 0.6) is 5.75 Å². The second-order valence-corrected chi connectivity index (χ2v) is 13.3. The van der Waals surface area contributed by atoms with E-state index < -0.39 is 5.97 Å². The van der Waals surface area contributed by atoms with Gasteiger partial charge in [0, 0.05) is 0 Å². The Labute approximate surface area is 296 Å². The Morgan fingerprint density at radius 3 is 1.49 bits per heavy atom. The minimum atomic E-state index is -0.990. The zero-order valence-corrected chi connectivity index (χ0v) is 27.8. The average molecular weight is 757 g/mol. The molecule has 3 N–H and O–H groups in total. The molecule has 11 nitrogen and oxygen atoms in total. The number of benzene rings is 5. The van der Waals surface area contributed by atoms with Gasteiger partial charge in [0.05, 0.1) is 0 Å². The number of hydrogen-bond donors (Lipinski definition) is 3. The number of aromatic amines is 2. The van der Waals surface area contributed by atoms with Crippen molar-refractivity contribution < 1.29 is 31.7 Å². The van der Waals surface area contributed by atoms with E-state index in [1.165, 1.54) is 12.1 Å². The number of rotatable bonds is 4. The second-order valence-electron chi connectivity index (χ2n) is 11.8. The zero-order chi connectivity index (χ0) is 34.1. The van der Waals surface area contributed by atoms with Gasteiger partial charge < -0.3 is 0 Å². The summed E-state index contributed by atoms with van der Waals surface area (Å²) in [6.45, 7) is 0. The summed E-state index contributed by atoms with van der Waals surface area (Å²) >= 11 is -0.373. The summed E-state index contributed by atoms with van der Waals surface area (Å²) in [5.74, 6) is 1.68. The van der Waals surface area contributed by atoms with Crippen molar-refractivity contribution in [1.29, 1.82) is 0 Å². The molecule has 3 aromatic heterocycles. The van der Waals surface area contributed by atoms with Crippen LogP contribution in [0.4, 0.5) is 0 Å². The molecule has 51 heavy (non-hydrogen) atoms. The average Bonchev–Trinajstić information content (AvgIpc) is 3.90. The molecule has 8 aromatic rings. The molecule has 246 valence electrons. The number of carboxylic acids is 1. The van der Waals surface area contributed by atoms with E-state index in [-0.39, 0.29) is 23.9 Å². The molecule has 0 atom stereocenters. The number of aromatic nitrogens is 8. The SMILES string of the molecule is O=C(O)c1ccc([O][Pd][c]2cccc3c4nc5nc(nc6[nH]c(nc7nc(nc([nH]4)c23)-c2ccccc2-7)c2ccccc62)-c2ccccc2-5)cc1. The molecular formula is C39H22N8O3Pd. The summed E-state index contributed by atoms with van der Waals surface area (Å²) < 4.78 is 7.12. The van der Waals surface area contributed by atoms with E-state index in [1.54, 1.807) is 12.1 Å².